The maximum absolute atomic E-state index is 12.8. The van der Waals surface area contributed by atoms with Gasteiger partial charge in [-0.1, -0.05) is 35.9 Å². The number of hydrogen-bond acceptors (Lipinski definition) is 5. The number of benzene rings is 1. The molecule has 0 bridgehead atoms. The van der Waals surface area contributed by atoms with Crippen LogP contribution in [0.15, 0.2) is 54.4 Å². The van der Waals surface area contributed by atoms with E-state index in [9.17, 15) is 14.7 Å². The van der Waals surface area contributed by atoms with Crippen LogP contribution in [0.2, 0.25) is 0 Å². The molecule has 1 amide bonds. The Kier molecular flexibility index (Phi) is 5.66. The van der Waals surface area contributed by atoms with Crippen molar-refractivity contribution >= 4 is 17.4 Å². The molecule has 2 heterocycles. The lowest BCUT2D eigenvalue weighted by Crippen LogP contribution is -2.31. The molecule has 140 valence electrons. The molecule has 0 radical (unpaired) electrons. The number of Topliss-reactive ketones (excluding diaryl/α,β-unsaturated/α-hetero) is 1. The number of carbonyl (C=O) groups is 2. The second-order valence-electron chi connectivity index (χ2n) is 6.49. The van der Waals surface area contributed by atoms with Crippen molar-refractivity contribution in [1.82, 2.24) is 9.88 Å². The zero-order valence-corrected chi connectivity index (χ0v) is 15.4. The number of carbonyl (C=O) groups excluding carboxylic acids is 2. The number of ketones is 1. The summed E-state index contributed by atoms with van der Waals surface area (Å²) in [5.41, 5.74) is 2.32. The third-order valence-corrected chi connectivity index (χ3v) is 4.61. The number of aliphatic hydroxyl groups excluding tert-OH is 1. The number of aliphatic hydroxyl groups is 1. The number of ether oxygens (including phenoxy) is 1. The summed E-state index contributed by atoms with van der Waals surface area (Å²) in [5.74, 6) is -1.47. The summed E-state index contributed by atoms with van der Waals surface area (Å²) in [6.07, 6.45) is 3.83. The molecule has 27 heavy (non-hydrogen) atoms. The molecule has 2 aromatic rings. The summed E-state index contributed by atoms with van der Waals surface area (Å²) in [7, 11) is 1.59. The molecule has 3 rings (SSSR count). The summed E-state index contributed by atoms with van der Waals surface area (Å²) in [4.78, 5) is 31.0. The number of nitrogens with zero attached hydrogens (tertiary/aromatic N) is 2. The van der Waals surface area contributed by atoms with E-state index in [0.717, 1.165) is 5.56 Å². The minimum atomic E-state index is -0.681. The summed E-state index contributed by atoms with van der Waals surface area (Å²) in [6, 6.07) is 10.1. The average Bonchev–Trinajstić information content (AvgIpc) is 2.94. The Bertz CT molecular complexity index is 860. The van der Waals surface area contributed by atoms with Crippen LogP contribution in [0.3, 0.4) is 0 Å². The van der Waals surface area contributed by atoms with Gasteiger partial charge in [-0.2, -0.15) is 0 Å². The van der Waals surface area contributed by atoms with Crippen molar-refractivity contribution in [2.45, 2.75) is 19.4 Å². The van der Waals surface area contributed by atoms with E-state index in [2.05, 4.69) is 4.98 Å². The lowest BCUT2D eigenvalue weighted by atomic mass is 9.96. The maximum Gasteiger partial charge on any atom is 0.295 e. The molecular weight excluding hydrogens is 344 g/mol. The zero-order valence-electron chi connectivity index (χ0n) is 15.4. The Hall–Kier alpha value is -2.99. The van der Waals surface area contributed by atoms with Gasteiger partial charge in [0.05, 0.1) is 11.6 Å². The van der Waals surface area contributed by atoms with Crippen LogP contribution in [-0.2, 0) is 14.3 Å². The normalized spacial score (nSPS) is 18.9. The smallest absolute Gasteiger partial charge is 0.295 e. The fraction of sp³-hybridized carbons (Fsp3) is 0.286. The topological polar surface area (TPSA) is 79.7 Å². The van der Waals surface area contributed by atoms with Crippen LogP contribution in [0.4, 0.5) is 0 Å². The SMILES string of the molecule is COCCCN1C(=O)C(=O)C(=C(O)c2ccc(C)cc2)[C@@H]1c1cccnc1. The standard InChI is InChI=1S/C21H22N2O4/c1-14-6-8-15(9-7-14)19(24)17-18(16-5-3-10-22-13-16)23(11-4-12-27-2)21(26)20(17)25/h3,5-10,13,18,24H,4,11-12H2,1-2H3/t18-/m0/s1. The zero-order chi connectivity index (χ0) is 19.4. The van der Waals surface area contributed by atoms with E-state index in [-0.39, 0.29) is 11.3 Å². The number of likely N-dealkylation sites (tertiary alicyclic amines) is 1. The van der Waals surface area contributed by atoms with Gasteiger partial charge in [0.15, 0.2) is 0 Å². The predicted octanol–water partition coefficient (Wildman–Crippen LogP) is 2.85. The molecule has 0 unspecified atom stereocenters. The monoisotopic (exact) mass is 366 g/mol. The van der Waals surface area contributed by atoms with Crippen LogP contribution < -0.4 is 0 Å². The van der Waals surface area contributed by atoms with Crippen molar-refractivity contribution in [3.8, 4) is 0 Å². The van der Waals surface area contributed by atoms with Crippen LogP contribution in [-0.4, -0.2) is 46.9 Å². The molecule has 0 saturated carbocycles. The number of aryl methyl sites for hydroxylation is 1. The Morgan fingerprint density at radius 3 is 2.59 bits per heavy atom. The van der Waals surface area contributed by atoms with Gasteiger partial charge in [-0.15, -0.1) is 0 Å². The van der Waals surface area contributed by atoms with Crippen molar-refractivity contribution in [1.29, 1.82) is 0 Å². The van der Waals surface area contributed by atoms with E-state index in [1.54, 1.807) is 43.8 Å². The summed E-state index contributed by atoms with van der Waals surface area (Å²) in [6.45, 7) is 2.76. The summed E-state index contributed by atoms with van der Waals surface area (Å²) < 4.78 is 5.06. The summed E-state index contributed by atoms with van der Waals surface area (Å²) in [5, 5.41) is 10.9. The van der Waals surface area contributed by atoms with Gasteiger partial charge in [-0.25, -0.2) is 0 Å². The van der Waals surface area contributed by atoms with E-state index in [1.807, 2.05) is 19.1 Å². The van der Waals surface area contributed by atoms with E-state index in [4.69, 9.17) is 4.74 Å². The third kappa shape index (κ3) is 3.75. The Balaban J connectivity index is 2.09. The van der Waals surface area contributed by atoms with E-state index < -0.39 is 17.7 Å². The van der Waals surface area contributed by atoms with Gasteiger partial charge in [0.1, 0.15) is 5.76 Å². The number of rotatable bonds is 6. The molecule has 1 N–H and O–H groups in total. The molecule has 1 aromatic carbocycles. The molecule has 0 aliphatic carbocycles. The molecule has 1 atom stereocenters. The first kappa shape index (κ1) is 18.8. The van der Waals surface area contributed by atoms with Crippen molar-refractivity contribution in [2.24, 2.45) is 0 Å². The maximum atomic E-state index is 12.8. The first-order valence-electron chi connectivity index (χ1n) is 8.79. The van der Waals surface area contributed by atoms with Gasteiger partial charge >= 0.3 is 0 Å². The van der Waals surface area contributed by atoms with Gasteiger partial charge in [0.2, 0.25) is 0 Å². The molecule has 1 aliphatic heterocycles. The summed E-state index contributed by atoms with van der Waals surface area (Å²) >= 11 is 0. The quantitative estimate of drug-likeness (QED) is 0.368. The first-order chi connectivity index (χ1) is 13.0. The lowest BCUT2D eigenvalue weighted by Gasteiger charge is -2.25. The van der Waals surface area contributed by atoms with Crippen LogP contribution in [0.25, 0.3) is 5.76 Å². The molecule has 1 saturated heterocycles. The number of aromatic nitrogens is 1. The predicted molar refractivity (Wildman–Crippen MR) is 101 cm³/mol. The van der Waals surface area contributed by atoms with Crippen molar-refractivity contribution < 1.29 is 19.4 Å². The third-order valence-electron chi connectivity index (χ3n) is 4.61. The van der Waals surface area contributed by atoms with Gasteiger partial charge < -0.3 is 14.7 Å². The van der Waals surface area contributed by atoms with E-state index in [0.29, 0.717) is 30.7 Å². The number of pyridine rings is 1. The number of amides is 1. The number of hydrogen-bond donors (Lipinski definition) is 1. The highest BCUT2D eigenvalue weighted by molar-refractivity contribution is 6.46. The van der Waals surface area contributed by atoms with E-state index in [1.165, 1.54) is 4.90 Å². The Labute approximate surface area is 158 Å². The molecule has 1 aromatic heterocycles. The fourth-order valence-electron chi connectivity index (χ4n) is 3.24. The molecule has 1 fully saturated rings. The lowest BCUT2D eigenvalue weighted by molar-refractivity contribution is -0.140. The second kappa shape index (κ2) is 8.14. The van der Waals surface area contributed by atoms with Crippen LogP contribution in [0.5, 0.6) is 0 Å². The van der Waals surface area contributed by atoms with E-state index >= 15 is 0 Å². The Morgan fingerprint density at radius 1 is 1.22 bits per heavy atom. The van der Waals surface area contributed by atoms with Crippen molar-refractivity contribution in [2.75, 3.05) is 20.3 Å². The highest BCUT2D eigenvalue weighted by Crippen LogP contribution is 2.39. The largest absolute Gasteiger partial charge is 0.507 e. The van der Waals surface area contributed by atoms with Gasteiger partial charge in [-0.05, 0) is 25.0 Å². The first-order valence-corrected chi connectivity index (χ1v) is 8.79. The van der Waals surface area contributed by atoms with Gasteiger partial charge in [0, 0.05) is 38.2 Å². The van der Waals surface area contributed by atoms with Crippen LogP contribution in [0, 0.1) is 6.92 Å². The molecule has 0 spiro atoms. The van der Waals surface area contributed by atoms with Gasteiger partial charge in [-0.3, -0.25) is 14.6 Å². The molecule has 6 heteroatoms. The average molecular weight is 366 g/mol. The number of methoxy groups -OCH3 is 1. The highest BCUT2D eigenvalue weighted by Gasteiger charge is 2.45. The highest BCUT2D eigenvalue weighted by atomic mass is 16.5. The van der Waals surface area contributed by atoms with Crippen molar-refractivity contribution in [3.05, 3.63) is 71.1 Å². The fourth-order valence-corrected chi connectivity index (χ4v) is 3.24. The Morgan fingerprint density at radius 2 is 1.96 bits per heavy atom. The van der Waals surface area contributed by atoms with Crippen molar-refractivity contribution in [3.63, 3.8) is 0 Å². The molecular formula is C21H22N2O4. The van der Waals surface area contributed by atoms with Crippen LogP contribution in [0.1, 0.15) is 29.2 Å². The molecule has 6 nitrogen and oxygen atoms in total. The van der Waals surface area contributed by atoms with Crippen LogP contribution >= 0.6 is 0 Å². The molecule has 1 aliphatic rings. The minimum Gasteiger partial charge on any atom is -0.507 e. The second-order valence-corrected chi connectivity index (χ2v) is 6.49. The minimum absolute atomic E-state index is 0.0919. The van der Waals surface area contributed by atoms with Gasteiger partial charge in [0.25, 0.3) is 11.7 Å².